The van der Waals surface area contributed by atoms with Gasteiger partial charge in [0.05, 0.1) is 4.88 Å². The van der Waals surface area contributed by atoms with Crippen molar-refractivity contribution in [1.82, 2.24) is 4.98 Å². The summed E-state index contributed by atoms with van der Waals surface area (Å²) in [6.45, 7) is 0. The summed E-state index contributed by atoms with van der Waals surface area (Å²) in [4.78, 5) is 16.4. The number of thiophene rings is 1. The van der Waals surface area contributed by atoms with E-state index < -0.39 is 0 Å². The van der Waals surface area contributed by atoms with E-state index in [4.69, 9.17) is 5.26 Å². The molecule has 0 bridgehead atoms. The van der Waals surface area contributed by atoms with Crippen molar-refractivity contribution in [2.24, 2.45) is 0 Å². The summed E-state index contributed by atoms with van der Waals surface area (Å²) in [7, 11) is 0. The second kappa shape index (κ2) is 5.19. The molecule has 0 aromatic carbocycles. The summed E-state index contributed by atoms with van der Waals surface area (Å²) in [5, 5.41) is 10.8. The summed E-state index contributed by atoms with van der Waals surface area (Å²) in [6, 6.07) is 8.94. The first-order valence-electron chi connectivity index (χ1n) is 4.91. The molecule has 0 aliphatic rings. The highest BCUT2D eigenvalue weighted by atomic mass is 32.1. The zero-order valence-corrected chi connectivity index (χ0v) is 9.65. The van der Waals surface area contributed by atoms with Gasteiger partial charge in [0.15, 0.2) is 0 Å². The minimum atomic E-state index is -0.237. The van der Waals surface area contributed by atoms with E-state index in [0.29, 0.717) is 4.88 Å². The average molecular weight is 240 g/mol. The Morgan fingerprint density at radius 2 is 2.12 bits per heavy atom. The van der Waals surface area contributed by atoms with Gasteiger partial charge in [0.2, 0.25) is 5.78 Å². The molecule has 0 unspecified atom stereocenters. The molecule has 3 nitrogen and oxygen atoms in total. The number of hydrogen-bond acceptors (Lipinski definition) is 4. The molecule has 2 aromatic heterocycles. The van der Waals surface area contributed by atoms with Crippen molar-refractivity contribution in [3.05, 3.63) is 58.1 Å². The Labute approximate surface area is 103 Å². The lowest BCUT2D eigenvalue weighted by atomic mass is 10.1. The van der Waals surface area contributed by atoms with E-state index in [1.54, 1.807) is 42.7 Å². The van der Waals surface area contributed by atoms with Crippen LogP contribution in [0.25, 0.3) is 6.08 Å². The summed E-state index contributed by atoms with van der Waals surface area (Å²) >= 11 is 1.33. The van der Waals surface area contributed by atoms with Gasteiger partial charge in [0, 0.05) is 12.4 Å². The van der Waals surface area contributed by atoms with Crippen molar-refractivity contribution >= 4 is 23.2 Å². The van der Waals surface area contributed by atoms with Crippen LogP contribution in [0, 0.1) is 11.3 Å². The van der Waals surface area contributed by atoms with Gasteiger partial charge in [-0.3, -0.25) is 9.78 Å². The Bertz CT molecular complexity index is 580. The maximum Gasteiger partial charge on any atom is 0.213 e. The fraction of sp³-hybridized carbons (Fsp3) is 0. The van der Waals surface area contributed by atoms with Crippen molar-refractivity contribution in [3.63, 3.8) is 0 Å². The van der Waals surface area contributed by atoms with E-state index in [0.717, 1.165) is 5.56 Å². The summed E-state index contributed by atoms with van der Waals surface area (Å²) < 4.78 is 0. The van der Waals surface area contributed by atoms with Crippen LogP contribution in [0.15, 0.2) is 47.6 Å². The van der Waals surface area contributed by atoms with Crippen LogP contribution in [0.3, 0.4) is 0 Å². The number of nitrogens with zero attached hydrogens (tertiary/aromatic N) is 2. The van der Waals surface area contributed by atoms with Crippen molar-refractivity contribution < 1.29 is 4.79 Å². The molecule has 0 radical (unpaired) electrons. The predicted octanol–water partition coefficient (Wildman–Crippen LogP) is 2.93. The number of Topliss-reactive ketones (excluding diaryl/α,β-unsaturated/α-hetero) is 1. The molecule has 82 valence electrons. The van der Waals surface area contributed by atoms with Crippen molar-refractivity contribution in [3.8, 4) is 6.07 Å². The number of hydrogen-bond donors (Lipinski definition) is 0. The van der Waals surface area contributed by atoms with Crippen LogP contribution in [-0.4, -0.2) is 10.8 Å². The Morgan fingerprint density at radius 3 is 2.71 bits per heavy atom. The predicted molar refractivity (Wildman–Crippen MR) is 66.5 cm³/mol. The summed E-state index contributed by atoms with van der Waals surface area (Å²) in [5.41, 5.74) is 0.931. The maximum atomic E-state index is 11.9. The Hall–Kier alpha value is -2.25. The highest BCUT2D eigenvalue weighted by Crippen LogP contribution is 2.16. The lowest BCUT2D eigenvalue weighted by Gasteiger charge is -1.96. The third-order valence-electron chi connectivity index (χ3n) is 2.13. The van der Waals surface area contributed by atoms with E-state index in [1.165, 1.54) is 11.3 Å². The molecule has 0 N–H and O–H groups in total. The normalized spacial score (nSPS) is 10.9. The van der Waals surface area contributed by atoms with Crippen molar-refractivity contribution in [2.75, 3.05) is 0 Å². The molecule has 0 saturated heterocycles. The van der Waals surface area contributed by atoms with Gasteiger partial charge >= 0.3 is 0 Å². The number of nitriles is 1. The van der Waals surface area contributed by atoms with Gasteiger partial charge in [-0.25, -0.2) is 0 Å². The van der Waals surface area contributed by atoms with Crippen molar-refractivity contribution in [1.29, 1.82) is 5.26 Å². The fourth-order valence-corrected chi connectivity index (χ4v) is 1.99. The second-order valence-electron chi connectivity index (χ2n) is 3.26. The topological polar surface area (TPSA) is 53.8 Å². The number of allylic oxidation sites excluding steroid dienone is 1. The molecule has 0 spiro atoms. The molecular formula is C13H8N2OS. The molecule has 0 aliphatic carbocycles. The highest BCUT2D eigenvalue weighted by Gasteiger charge is 2.12. The highest BCUT2D eigenvalue weighted by molar-refractivity contribution is 7.12. The van der Waals surface area contributed by atoms with Crippen LogP contribution in [0.1, 0.15) is 15.2 Å². The number of carbonyl (C=O) groups excluding carboxylic acids is 1. The van der Waals surface area contributed by atoms with Crippen molar-refractivity contribution in [2.45, 2.75) is 0 Å². The van der Waals surface area contributed by atoms with Gasteiger partial charge in [-0.2, -0.15) is 5.26 Å². The molecule has 4 heteroatoms. The van der Waals surface area contributed by atoms with Crippen LogP contribution < -0.4 is 0 Å². The van der Waals surface area contributed by atoms with E-state index in [1.807, 2.05) is 11.4 Å². The molecule has 0 saturated carbocycles. The zero-order valence-electron chi connectivity index (χ0n) is 8.83. The maximum absolute atomic E-state index is 11.9. The minimum Gasteiger partial charge on any atom is -0.287 e. The third-order valence-corrected chi connectivity index (χ3v) is 3.00. The van der Waals surface area contributed by atoms with E-state index >= 15 is 0 Å². The van der Waals surface area contributed by atoms with Gasteiger partial charge in [0.1, 0.15) is 11.6 Å². The fourth-order valence-electron chi connectivity index (χ4n) is 1.32. The van der Waals surface area contributed by atoms with Crippen LogP contribution in [0.2, 0.25) is 0 Å². The Morgan fingerprint density at radius 1 is 1.35 bits per heavy atom. The van der Waals surface area contributed by atoms with Gasteiger partial charge in [-0.15, -0.1) is 11.3 Å². The van der Waals surface area contributed by atoms with Crippen LogP contribution in [0.5, 0.6) is 0 Å². The number of carbonyl (C=O) groups is 1. The zero-order chi connectivity index (χ0) is 12.1. The lowest BCUT2D eigenvalue weighted by molar-refractivity contribution is 0.104. The van der Waals surface area contributed by atoms with E-state index in [9.17, 15) is 4.79 Å². The minimum absolute atomic E-state index is 0.138. The molecule has 2 rings (SSSR count). The van der Waals surface area contributed by atoms with Crippen LogP contribution in [-0.2, 0) is 0 Å². The first kappa shape index (κ1) is 11.2. The lowest BCUT2D eigenvalue weighted by Crippen LogP contribution is -1.98. The van der Waals surface area contributed by atoms with Gasteiger partial charge in [-0.05, 0) is 35.2 Å². The summed E-state index contributed by atoms with van der Waals surface area (Å²) in [5.74, 6) is -0.237. The standard InChI is InChI=1S/C13H8N2OS/c14-9-11(8-10-3-5-15-6-4-10)13(16)12-2-1-7-17-12/h1-8H/b11-8+. The number of pyridine rings is 1. The van der Waals surface area contributed by atoms with Gasteiger partial charge in [0.25, 0.3) is 0 Å². The largest absolute Gasteiger partial charge is 0.287 e. The molecule has 2 aromatic rings. The first-order chi connectivity index (χ1) is 8.31. The third kappa shape index (κ3) is 2.65. The molecule has 17 heavy (non-hydrogen) atoms. The average Bonchev–Trinajstić information content (AvgIpc) is 2.90. The molecule has 0 aliphatic heterocycles. The second-order valence-corrected chi connectivity index (χ2v) is 4.20. The number of rotatable bonds is 3. The SMILES string of the molecule is N#C/C(=C\c1ccncc1)C(=O)c1cccs1. The molecule has 0 fully saturated rings. The quantitative estimate of drug-likeness (QED) is 0.471. The first-order valence-corrected chi connectivity index (χ1v) is 5.79. The van der Waals surface area contributed by atoms with Gasteiger partial charge < -0.3 is 0 Å². The van der Waals surface area contributed by atoms with E-state index in [-0.39, 0.29) is 11.4 Å². The molecule has 2 heterocycles. The van der Waals surface area contributed by atoms with E-state index in [2.05, 4.69) is 4.98 Å². The number of ketones is 1. The monoisotopic (exact) mass is 240 g/mol. The van der Waals surface area contributed by atoms with Crippen LogP contribution in [0.4, 0.5) is 0 Å². The smallest absolute Gasteiger partial charge is 0.213 e. The Kier molecular flexibility index (Phi) is 3.43. The Balaban J connectivity index is 2.33. The number of aromatic nitrogens is 1. The van der Waals surface area contributed by atoms with Crippen LogP contribution >= 0.6 is 11.3 Å². The summed E-state index contributed by atoms with van der Waals surface area (Å²) in [6.07, 6.45) is 4.82. The van der Waals surface area contributed by atoms with Gasteiger partial charge in [-0.1, -0.05) is 6.07 Å². The molecular weight excluding hydrogens is 232 g/mol. The molecule has 0 atom stereocenters. The molecule has 0 amide bonds.